The van der Waals surface area contributed by atoms with Crippen molar-refractivity contribution in [2.75, 3.05) is 5.32 Å². The van der Waals surface area contributed by atoms with Crippen LogP contribution in [0.4, 0.5) is 5.69 Å². The normalized spacial score (nSPS) is 11.1. The van der Waals surface area contributed by atoms with Gasteiger partial charge in [-0.05, 0) is 65.5 Å². The molecule has 0 aliphatic carbocycles. The van der Waals surface area contributed by atoms with E-state index in [2.05, 4.69) is 29.5 Å². The van der Waals surface area contributed by atoms with Crippen LogP contribution in [-0.2, 0) is 0 Å². The van der Waals surface area contributed by atoms with Crippen LogP contribution in [0.5, 0.6) is 0 Å². The van der Waals surface area contributed by atoms with Crippen molar-refractivity contribution in [2.45, 2.75) is 19.8 Å². The van der Waals surface area contributed by atoms with Crippen molar-refractivity contribution in [1.82, 2.24) is 10.3 Å². The topological polar surface area (TPSA) is 67.2 Å². The molecule has 0 unspecified atom stereocenters. The molecule has 152 valence electrons. The van der Waals surface area contributed by atoms with Gasteiger partial charge in [0.05, 0.1) is 15.5 Å². The van der Waals surface area contributed by atoms with Crippen molar-refractivity contribution in [2.24, 2.45) is 0 Å². The standard InChI is InChI=1S/C22H18ClN3O2S2/c1-12(2)13-5-8-18-17(10-13)25-21(28-18)15-11-14(6-7-16(15)23)24-22(29)26-20(27)19-4-3-9-30-19/h3-12H,1-2H3,(H2,24,26,27,29). The SMILES string of the molecule is CC(C)c1ccc2oc(-c3cc(NC(=S)NC(=O)c4cccs4)ccc3Cl)nc2c1. The van der Waals surface area contributed by atoms with Crippen LogP contribution in [0.15, 0.2) is 58.3 Å². The Hall–Kier alpha value is -2.74. The second-order valence-corrected chi connectivity index (χ2v) is 8.74. The molecule has 0 radical (unpaired) electrons. The van der Waals surface area contributed by atoms with Crippen LogP contribution in [0.3, 0.4) is 0 Å². The number of amides is 1. The molecule has 0 fully saturated rings. The van der Waals surface area contributed by atoms with Crippen LogP contribution < -0.4 is 10.6 Å². The molecule has 30 heavy (non-hydrogen) atoms. The van der Waals surface area contributed by atoms with Gasteiger partial charge in [-0.3, -0.25) is 10.1 Å². The highest BCUT2D eigenvalue weighted by molar-refractivity contribution is 7.80. The van der Waals surface area contributed by atoms with E-state index >= 15 is 0 Å². The van der Waals surface area contributed by atoms with E-state index in [1.165, 1.54) is 16.9 Å². The number of oxazole rings is 1. The van der Waals surface area contributed by atoms with Gasteiger partial charge in [0, 0.05) is 5.69 Å². The molecule has 4 rings (SSSR count). The third kappa shape index (κ3) is 4.38. The Kier molecular flexibility index (Phi) is 5.85. The van der Waals surface area contributed by atoms with Gasteiger partial charge in [0.25, 0.3) is 5.91 Å². The second-order valence-electron chi connectivity index (χ2n) is 6.98. The number of benzene rings is 2. The minimum Gasteiger partial charge on any atom is -0.436 e. The molecule has 0 bridgehead atoms. The average Bonchev–Trinajstić information content (AvgIpc) is 3.38. The maximum Gasteiger partial charge on any atom is 0.267 e. The summed E-state index contributed by atoms with van der Waals surface area (Å²) in [7, 11) is 0. The maximum atomic E-state index is 12.1. The zero-order valence-electron chi connectivity index (χ0n) is 16.2. The van der Waals surface area contributed by atoms with E-state index in [1.54, 1.807) is 24.3 Å². The highest BCUT2D eigenvalue weighted by Gasteiger charge is 2.15. The second kappa shape index (κ2) is 8.55. The lowest BCUT2D eigenvalue weighted by atomic mass is 10.0. The molecule has 2 aromatic heterocycles. The van der Waals surface area contributed by atoms with Crippen molar-refractivity contribution >= 4 is 63.0 Å². The summed E-state index contributed by atoms with van der Waals surface area (Å²) < 4.78 is 5.92. The number of hydrogen-bond donors (Lipinski definition) is 2. The van der Waals surface area contributed by atoms with Gasteiger partial charge in [0.1, 0.15) is 5.52 Å². The maximum absolute atomic E-state index is 12.1. The molecule has 5 nitrogen and oxygen atoms in total. The molecule has 2 heterocycles. The summed E-state index contributed by atoms with van der Waals surface area (Å²) in [6.07, 6.45) is 0. The lowest BCUT2D eigenvalue weighted by molar-refractivity contribution is 0.0981. The number of nitrogens with one attached hydrogen (secondary N) is 2. The largest absolute Gasteiger partial charge is 0.436 e. The van der Waals surface area contributed by atoms with Gasteiger partial charge in [-0.25, -0.2) is 4.98 Å². The fourth-order valence-electron chi connectivity index (χ4n) is 2.92. The predicted molar refractivity (Wildman–Crippen MR) is 127 cm³/mol. The number of fused-ring (bicyclic) bond motifs is 1. The monoisotopic (exact) mass is 455 g/mol. The number of thiophene rings is 1. The van der Waals surface area contributed by atoms with Gasteiger partial charge in [0.2, 0.25) is 5.89 Å². The van der Waals surface area contributed by atoms with Crippen LogP contribution in [0, 0.1) is 0 Å². The van der Waals surface area contributed by atoms with Crippen molar-refractivity contribution in [1.29, 1.82) is 0 Å². The van der Waals surface area contributed by atoms with Crippen molar-refractivity contribution in [3.63, 3.8) is 0 Å². The van der Waals surface area contributed by atoms with E-state index in [-0.39, 0.29) is 11.0 Å². The molecule has 0 saturated heterocycles. The van der Waals surface area contributed by atoms with Crippen molar-refractivity contribution in [3.8, 4) is 11.5 Å². The number of rotatable bonds is 4. The Morgan fingerprint density at radius 1 is 1.20 bits per heavy atom. The van der Waals surface area contributed by atoms with E-state index < -0.39 is 0 Å². The third-order valence-corrected chi connectivity index (χ3v) is 5.91. The van der Waals surface area contributed by atoms with Crippen LogP contribution in [-0.4, -0.2) is 16.0 Å². The predicted octanol–water partition coefficient (Wildman–Crippen LogP) is 6.46. The van der Waals surface area contributed by atoms with E-state index in [0.717, 1.165) is 5.52 Å². The number of carbonyl (C=O) groups is 1. The van der Waals surface area contributed by atoms with Gasteiger partial charge < -0.3 is 9.73 Å². The highest BCUT2D eigenvalue weighted by Crippen LogP contribution is 2.33. The molecular formula is C22H18ClN3O2S2. The van der Waals surface area contributed by atoms with Crippen molar-refractivity contribution < 1.29 is 9.21 Å². The lowest BCUT2D eigenvalue weighted by Crippen LogP contribution is -2.33. The van der Waals surface area contributed by atoms with Gasteiger partial charge in [0.15, 0.2) is 10.7 Å². The van der Waals surface area contributed by atoms with E-state index in [0.29, 0.717) is 38.5 Å². The third-order valence-electron chi connectivity index (χ3n) is 4.50. The van der Waals surface area contributed by atoms with Gasteiger partial charge in [-0.1, -0.05) is 37.6 Å². The van der Waals surface area contributed by atoms with E-state index in [4.69, 9.17) is 28.2 Å². The fraction of sp³-hybridized carbons (Fsp3) is 0.136. The van der Waals surface area contributed by atoms with Gasteiger partial charge >= 0.3 is 0 Å². The number of hydrogen-bond acceptors (Lipinski definition) is 5. The smallest absolute Gasteiger partial charge is 0.267 e. The van der Waals surface area contributed by atoms with Crippen LogP contribution in [0.2, 0.25) is 5.02 Å². The molecule has 0 atom stereocenters. The molecule has 0 aliphatic heterocycles. The number of halogens is 1. The molecular weight excluding hydrogens is 438 g/mol. The first-order valence-corrected chi connectivity index (χ1v) is 10.9. The quantitative estimate of drug-likeness (QED) is 0.345. The Balaban J connectivity index is 1.56. The molecule has 1 amide bonds. The van der Waals surface area contributed by atoms with E-state index in [9.17, 15) is 4.79 Å². The highest BCUT2D eigenvalue weighted by atomic mass is 35.5. The summed E-state index contributed by atoms with van der Waals surface area (Å²) in [4.78, 5) is 17.3. The molecule has 0 spiro atoms. The number of anilines is 1. The molecule has 0 aliphatic rings. The zero-order valence-corrected chi connectivity index (χ0v) is 18.6. The minimum atomic E-state index is -0.253. The Bertz CT molecular complexity index is 1230. The molecule has 2 N–H and O–H groups in total. The first kappa shape index (κ1) is 20.5. The molecule has 4 aromatic rings. The Morgan fingerprint density at radius 2 is 2.03 bits per heavy atom. The molecule has 2 aromatic carbocycles. The Labute approximate surface area is 188 Å². The number of thiocarbonyl (C=S) groups is 1. The van der Waals surface area contributed by atoms with Crippen molar-refractivity contribution in [3.05, 3.63) is 69.4 Å². The summed E-state index contributed by atoms with van der Waals surface area (Å²) >= 11 is 13.0. The summed E-state index contributed by atoms with van der Waals surface area (Å²) in [6, 6.07) is 14.8. The van der Waals surface area contributed by atoms with Crippen LogP contribution in [0.25, 0.3) is 22.6 Å². The summed E-state index contributed by atoms with van der Waals surface area (Å²) in [5.41, 5.74) is 3.97. The van der Waals surface area contributed by atoms with Gasteiger partial charge in [-0.15, -0.1) is 11.3 Å². The van der Waals surface area contributed by atoms with Crippen LogP contribution >= 0.6 is 35.2 Å². The van der Waals surface area contributed by atoms with E-state index in [1.807, 2.05) is 29.6 Å². The van der Waals surface area contributed by atoms with Crippen LogP contribution in [0.1, 0.15) is 35.0 Å². The Morgan fingerprint density at radius 3 is 2.77 bits per heavy atom. The fourth-order valence-corrected chi connectivity index (χ4v) is 3.95. The molecule has 8 heteroatoms. The summed E-state index contributed by atoms with van der Waals surface area (Å²) in [5, 5.41) is 8.20. The first-order valence-electron chi connectivity index (χ1n) is 9.27. The first-order chi connectivity index (χ1) is 14.4. The molecule has 0 saturated carbocycles. The minimum absolute atomic E-state index is 0.195. The zero-order chi connectivity index (χ0) is 21.3. The summed E-state index contributed by atoms with van der Waals surface area (Å²) in [6.45, 7) is 4.27. The number of carbonyl (C=O) groups excluding carboxylic acids is 1. The average molecular weight is 456 g/mol. The number of nitrogens with zero attached hydrogens (tertiary/aromatic N) is 1. The number of aromatic nitrogens is 1. The van der Waals surface area contributed by atoms with Gasteiger partial charge in [-0.2, -0.15) is 0 Å². The lowest BCUT2D eigenvalue weighted by Gasteiger charge is -2.10. The summed E-state index contributed by atoms with van der Waals surface area (Å²) in [5.74, 6) is 0.570.